The van der Waals surface area contributed by atoms with Crippen LogP contribution in [0.1, 0.15) is 40.5 Å². The van der Waals surface area contributed by atoms with Crippen LogP contribution in [0.15, 0.2) is 48.5 Å². The molecule has 1 unspecified atom stereocenters. The molecule has 1 N–H and O–H groups in total. The number of nitrogens with zero attached hydrogens (tertiary/aromatic N) is 2. The van der Waals surface area contributed by atoms with Gasteiger partial charge >= 0.3 is 0 Å². The third-order valence-electron chi connectivity index (χ3n) is 6.41. The molecule has 1 saturated heterocycles. The van der Waals surface area contributed by atoms with Gasteiger partial charge in [-0.1, -0.05) is 37.3 Å². The summed E-state index contributed by atoms with van der Waals surface area (Å²) in [4.78, 5) is 32.4. The van der Waals surface area contributed by atoms with E-state index in [1.165, 1.54) is 0 Å². The van der Waals surface area contributed by atoms with Crippen molar-refractivity contribution in [2.45, 2.75) is 19.8 Å². The lowest BCUT2D eigenvalue weighted by Crippen LogP contribution is -2.50. The number of benzene rings is 2. The molecule has 0 radical (unpaired) electrons. The molecule has 0 saturated carbocycles. The molecule has 0 bridgehead atoms. The first kappa shape index (κ1) is 21.2. The number of methoxy groups -OCH3 is 1. The van der Waals surface area contributed by atoms with Crippen LogP contribution in [0.2, 0.25) is 0 Å². The van der Waals surface area contributed by atoms with Crippen LogP contribution in [0.3, 0.4) is 0 Å². The summed E-state index contributed by atoms with van der Waals surface area (Å²) in [6.07, 6.45) is 3.84. The molecule has 2 heterocycles. The molecule has 1 atom stereocenters. The second kappa shape index (κ2) is 8.70. The number of hydrogen-bond acceptors (Lipinski definition) is 4. The number of fused-ring (bicyclic) bond motifs is 2. The average molecular weight is 442 g/mol. The van der Waals surface area contributed by atoms with Gasteiger partial charge in [0.05, 0.1) is 30.4 Å². The summed E-state index contributed by atoms with van der Waals surface area (Å²) in [6, 6.07) is 15.8. The highest BCUT2D eigenvalue weighted by atomic mass is 16.5. The molecule has 6 heteroatoms. The second-order valence-electron chi connectivity index (χ2n) is 8.86. The van der Waals surface area contributed by atoms with Crippen LogP contribution >= 0.6 is 0 Å². The number of hydrogen-bond donors (Lipinski definition) is 1. The molecule has 6 nitrogen and oxygen atoms in total. The Morgan fingerprint density at radius 1 is 1.15 bits per heavy atom. The van der Waals surface area contributed by atoms with Crippen LogP contribution in [0.5, 0.6) is 5.75 Å². The fraction of sp³-hybridized carbons (Fsp3) is 0.296. The van der Waals surface area contributed by atoms with Gasteiger partial charge < -0.3 is 15.0 Å². The third-order valence-corrected chi connectivity index (χ3v) is 6.41. The Hall–Kier alpha value is -3.67. The first-order valence-corrected chi connectivity index (χ1v) is 11.4. The highest BCUT2D eigenvalue weighted by molar-refractivity contribution is 6.10. The number of allylic oxidation sites excluding steroid dienone is 1. The lowest BCUT2D eigenvalue weighted by molar-refractivity contribution is -0.123. The van der Waals surface area contributed by atoms with Crippen molar-refractivity contribution in [3.8, 4) is 5.75 Å². The highest BCUT2D eigenvalue weighted by Crippen LogP contribution is 2.39. The highest BCUT2D eigenvalue weighted by Gasteiger charge is 2.31. The number of pyridine rings is 1. The zero-order valence-electron chi connectivity index (χ0n) is 18.9. The summed E-state index contributed by atoms with van der Waals surface area (Å²) in [6.45, 7) is 3.30. The first-order valence-electron chi connectivity index (χ1n) is 11.4. The lowest BCUT2D eigenvalue weighted by Gasteiger charge is -2.31. The SMILES string of the molecule is COc1ccc(/C=C2\CC(C)Cc3c2nc2ccccc2c3C(=O)N2CCNC(=O)C2)cc1. The van der Waals surface area contributed by atoms with E-state index >= 15 is 0 Å². The molecule has 1 aliphatic heterocycles. The Morgan fingerprint density at radius 3 is 2.70 bits per heavy atom. The van der Waals surface area contributed by atoms with Crippen LogP contribution in [0, 0.1) is 5.92 Å². The molecule has 0 spiro atoms. The molecule has 5 rings (SSSR count). The standard InChI is InChI=1S/C27H27N3O3/c1-17-13-19(15-18-7-9-20(33-2)10-8-18)26-22(14-17)25(21-5-3-4-6-23(21)29-26)27(32)30-12-11-28-24(31)16-30/h3-10,15,17H,11-14,16H2,1-2H3,(H,28,31)/b19-15+. The number of amides is 2. The Labute approximate surface area is 193 Å². The summed E-state index contributed by atoms with van der Waals surface area (Å²) in [5, 5.41) is 3.66. The van der Waals surface area contributed by atoms with Gasteiger partial charge in [0.15, 0.2) is 0 Å². The number of rotatable bonds is 3. The quantitative estimate of drug-likeness (QED) is 0.668. The van der Waals surface area contributed by atoms with Crippen molar-refractivity contribution in [2.24, 2.45) is 5.92 Å². The maximum atomic E-state index is 13.8. The lowest BCUT2D eigenvalue weighted by atomic mass is 9.80. The van der Waals surface area contributed by atoms with Gasteiger partial charge in [0.25, 0.3) is 5.91 Å². The predicted octanol–water partition coefficient (Wildman–Crippen LogP) is 3.94. The molecule has 168 valence electrons. The van der Waals surface area contributed by atoms with E-state index in [1.807, 2.05) is 48.5 Å². The van der Waals surface area contributed by atoms with Gasteiger partial charge in [-0.25, -0.2) is 4.98 Å². The number of piperazine rings is 1. The first-order chi connectivity index (χ1) is 16.0. The third kappa shape index (κ3) is 4.09. The Morgan fingerprint density at radius 2 is 1.94 bits per heavy atom. The van der Waals surface area contributed by atoms with Crippen LogP contribution < -0.4 is 10.1 Å². The maximum Gasteiger partial charge on any atom is 0.255 e. The van der Waals surface area contributed by atoms with E-state index in [1.54, 1.807) is 12.0 Å². The van der Waals surface area contributed by atoms with Crippen LogP contribution in [-0.2, 0) is 11.2 Å². The summed E-state index contributed by atoms with van der Waals surface area (Å²) in [7, 11) is 1.66. The van der Waals surface area contributed by atoms with Gasteiger partial charge in [-0.3, -0.25) is 9.59 Å². The van der Waals surface area contributed by atoms with E-state index in [0.29, 0.717) is 24.6 Å². The topological polar surface area (TPSA) is 71.5 Å². The molecule has 2 amide bonds. The van der Waals surface area contributed by atoms with E-state index in [-0.39, 0.29) is 18.4 Å². The van der Waals surface area contributed by atoms with E-state index in [2.05, 4.69) is 18.3 Å². The zero-order valence-corrected chi connectivity index (χ0v) is 18.9. The number of ether oxygens (including phenoxy) is 1. The number of aromatic nitrogens is 1. The second-order valence-corrected chi connectivity index (χ2v) is 8.86. The molecule has 1 fully saturated rings. The minimum Gasteiger partial charge on any atom is -0.497 e. The molecule has 2 aromatic carbocycles. The van der Waals surface area contributed by atoms with Crippen molar-refractivity contribution < 1.29 is 14.3 Å². The summed E-state index contributed by atoms with van der Waals surface area (Å²) < 4.78 is 5.28. The van der Waals surface area contributed by atoms with Crippen molar-refractivity contribution in [2.75, 3.05) is 26.7 Å². The van der Waals surface area contributed by atoms with Crippen molar-refractivity contribution in [3.63, 3.8) is 0 Å². The molecule has 3 aromatic rings. The van der Waals surface area contributed by atoms with Crippen molar-refractivity contribution >= 4 is 34.4 Å². The molecule has 2 aliphatic rings. The summed E-state index contributed by atoms with van der Waals surface area (Å²) in [5.41, 5.74) is 5.58. The summed E-state index contributed by atoms with van der Waals surface area (Å²) in [5.74, 6) is 0.992. The zero-order chi connectivity index (χ0) is 22.9. The number of carbonyl (C=O) groups excluding carboxylic acids is 2. The van der Waals surface area contributed by atoms with Gasteiger partial charge in [0.1, 0.15) is 5.75 Å². The number of carbonyl (C=O) groups is 2. The van der Waals surface area contributed by atoms with Crippen molar-refractivity contribution in [1.82, 2.24) is 15.2 Å². The van der Waals surface area contributed by atoms with E-state index in [9.17, 15) is 9.59 Å². The van der Waals surface area contributed by atoms with Crippen LogP contribution in [-0.4, -0.2) is 48.4 Å². The van der Waals surface area contributed by atoms with Crippen molar-refractivity contribution in [1.29, 1.82) is 0 Å². The van der Waals surface area contributed by atoms with Gasteiger partial charge in [0.2, 0.25) is 5.91 Å². The summed E-state index contributed by atoms with van der Waals surface area (Å²) >= 11 is 0. The molecule has 33 heavy (non-hydrogen) atoms. The Balaban J connectivity index is 1.67. The van der Waals surface area contributed by atoms with E-state index in [0.717, 1.165) is 51.9 Å². The molecule has 1 aliphatic carbocycles. The van der Waals surface area contributed by atoms with Crippen molar-refractivity contribution in [3.05, 3.63) is 70.9 Å². The predicted molar refractivity (Wildman–Crippen MR) is 129 cm³/mol. The largest absolute Gasteiger partial charge is 0.497 e. The molecular formula is C27H27N3O3. The van der Waals surface area contributed by atoms with Gasteiger partial charge in [-0.05, 0) is 59.7 Å². The monoisotopic (exact) mass is 441 g/mol. The smallest absolute Gasteiger partial charge is 0.255 e. The Bertz CT molecular complexity index is 1260. The molecule has 1 aromatic heterocycles. The van der Waals surface area contributed by atoms with Gasteiger partial charge in [0, 0.05) is 18.5 Å². The van der Waals surface area contributed by atoms with E-state index < -0.39 is 0 Å². The minimum atomic E-state index is -0.115. The fourth-order valence-corrected chi connectivity index (χ4v) is 4.85. The number of para-hydroxylation sites is 1. The molecular weight excluding hydrogens is 414 g/mol. The normalized spacial score (nSPS) is 19.3. The fourth-order valence-electron chi connectivity index (χ4n) is 4.85. The van der Waals surface area contributed by atoms with Gasteiger partial charge in [-0.15, -0.1) is 0 Å². The Kier molecular flexibility index (Phi) is 5.58. The van der Waals surface area contributed by atoms with Crippen LogP contribution in [0.4, 0.5) is 0 Å². The van der Waals surface area contributed by atoms with Gasteiger partial charge in [-0.2, -0.15) is 0 Å². The number of nitrogens with one attached hydrogen (secondary N) is 1. The average Bonchev–Trinajstić information content (AvgIpc) is 2.83. The minimum absolute atomic E-state index is 0.0856. The maximum absolute atomic E-state index is 13.8. The van der Waals surface area contributed by atoms with E-state index in [4.69, 9.17) is 9.72 Å². The van der Waals surface area contributed by atoms with Crippen LogP contribution in [0.25, 0.3) is 22.6 Å².